The highest BCUT2D eigenvalue weighted by atomic mass is 35.5. The van der Waals surface area contributed by atoms with Gasteiger partial charge in [-0.25, -0.2) is 0 Å². The highest BCUT2D eigenvalue weighted by Crippen LogP contribution is 2.31. The molecule has 1 aliphatic heterocycles. The first-order valence-electron chi connectivity index (χ1n) is 8.52. The Morgan fingerprint density at radius 2 is 1.26 bits per heavy atom. The van der Waals surface area contributed by atoms with E-state index in [9.17, 15) is 19.2 Å². The van der Waals surface area contributed by atoms with Crippen LogP contribution in [0.3, 0.4) is 0 Å². The molecule has 27 heavy (non-hydrogen) atoms. The maximum atomic E-state index is 11.6. The number of carbonyl (C=O) groups excluding carboxylic acids is 4. The lowest BCUT2D eigenvalue weighted by Crippen LogP contribution is -2.62. The van der Waals surface area contributed by atoms with Gasteiger partial charge in [-0.15, -0.1) is 11.6 Å². The van der Waals surface area contributed by atoms with Crippen molar-refractivity contribution >= 4 is 35.5 Å². The summed E-state index contributed by atoms with van der Waals surface area (Å²) in [6.45, 7) is 4.55. The number of esters is 4. The van der Waals surface area contributed by atoms with Crippen molar-refractivity contribution in [1.29, 1.82) is 0 Å². The van der Waals surface area contributed by atoms with Gasteiger partial charge in [0.15, 0.2) is 18.3 Å². The molecule has 0 radical (unpaired) electrons. The van der Waals surface area contributed by atoms with E-state index in [1.807, 2.05) is 0 Å². The highest BCUT2D eigenvalue weighted by Gasteiger charge is 2.51. The minimum atomic E-state index is -1.12. The number of carbonyl (C=O) groups is 4. The van der Waals surface area contributed by atoms with Crippen LogP contribution in [0.1, 0.15) is 40.5 Å². The predicted molar refractivity (Wildman–Crippen MR) is 91.9 cm³/mol. The van der Waals surface area contributed by atoms with Gasteiger partial charge in [0.25, 0.3) is 0 Å². The minimum absolute atomic E-state index is 0.227. The Morgan fingerprint density at radius 3 is 1.70 bits per heavy atom. The molecule has 0 aromatic heterocycles. The molecule has 0 spiro atoms. The van der Waals surface area contributed by atoms with Crippen molar-refractivity contribution in [2.75, 3.05) is 12.5 Å². The van der Waals surface area contributed by atoms with Crippen LogP contribution in [0.5, 0.6) is 0 Å². The molecule has 154 valence electrons. The van der Waals surface area contributed by atoms with E-state index in [4.69, 9.17) is 35.3 Å². The lowest BCUT2D eigenvalue weighted by Gasteiger charge is -2.44. The fourth-order valence-corrected chi connectivity index (χ4v) is 2.98. The van der Waals surface area contributed by atoms with Gasteiger partial charge in [-0.05, 0) is 12.8 Å². The second kappa shape index (κ2) is 11.1. The zero-order valence-electron chi connectivity index (χ0n) is 15.8. The molecule has 0 aliphatic carbocycles. The van der Waals surface area contributed by atoms with Crippen LogP contribution in [0, 0.1) is 0 Å². The van der Waals surface area contributed by atoms with E-state index < -0.39 is 54.4 Å². The molecule has 1 aliphatic rings. The molecular weight excluding hydrogens is 384 g/mol. The first-order valence-corrected chi connectivity index (χ1v) is 9.05. The highest BCUT2D eigenvalue weighted by molar-refractivity contribution is 6.17. The second-order valence-electron chi connectivity index (χ2n) is 6.07. The Bertz CT molecular complexity index is 551. The van der Waals surface area contributed by atoms with Crippen molar-refractivity contribution in [2.45, 2.75) is 71.1 Å². The van der Waals surface area contributed by atoms with E-state index in [1.54, 1.807) is 0 Å². The quantitative estimate of drug-likeness (QED) is 0.331. The number of halogens is 1. The Labute approximate surface area is 162 Å². The monoisotopic (exact) mass is 408 g/mol. The van der Waals surface area contributed by atoms with Crippen molar-refractivity contribution < 1.29 is 42.9 Å². The predicted octanol–water partition coefficient (Wildman–Crippen LogP) is 1.13. The van der Waals surface area contributed by atoms with E-state index in [0.717, 1.165) is 0 Å². The molecule has 0 amide bonds. The molecular formula is C17H25ClO9. The molecule has 9 nitrogen and oxygen atoms in total. The van der Waals surface area contributed by atoms with Gasteiger partial charge in [0.05, 0.1) is 6.10 Å². The summed E-state index contributed by atoms with van der Waals surface area (Å²) >= 11 is 5.74. The molecule has 1 rings (SSSR count). The zero-order valence-corrected chi connectivity index (χ0v) is 16.5. The summed E-state index contributed by atoms with van der Waals surface area (Å²) in [6.07, 6.45) is -3.92. The van der Waals surface area contributed by atoms with Crippen LogP contribution in [0.15, 0.2) is 0 Å². The SMILES string of the molecule is CC(=O)OCC1O[C@H](CCCCl)C(OC(C)=O)[C@@H](OC(C)=O)[C@@H]1OC(C)=O. The average molecular weight is 409 g/mol. The number of hydrogen-bond donors (Lipinski definition) is 0. The van der Waals surface area contributed by atoms with Crippen molar-refractivity contribution in [2.24, 2.45) is 0 Å². The summed E-state index contributed by atoms with van der Waals surface area (Å²) in [5, 5.41) is 0. The second-order valence-corrected chi connectivity index (χ2v) is 6.45. The first kappa shape index (κ1) is 23.2. The van der Waals surface area contributed by atoms with Crippen LogP contribution in [-0.2, 0) is 42.9 Å². The normalized spacial score (nSPS) is 27.4. The largest absolute Gasteiger partial charge is 0.463 e. The summed E-state index contributed by atoms with van der Waals surface area (Å²) in [4.78, 5) is 45.9. The maximum absolute atomic E-state index is 11.6. The van der Waals surface area contributed by atoms with E-state index in [1.165, 1.54) is 27.7 Å². The Hall–Kier alpha value is -1.87. The van der Waals surface area contributed by atoms with Gasteiger partial charge in [0.1, 0.15) is 12.7 Å². The molecule has 5 atom stereocenters. The van der Waals surface area contributed by atoms with E-state index in [2.05, 4.69) is 0 Å². The standard InChI is InChI=1S/C17H25ClO9/c1-9(19)23-8-14-16(25-11(3)21)17(26-12(4)22)15(24-10(2)20)13(27-14)6-5-7-18/h13-17H,5-8H2,1-4H3/t13-,14?,15?,16-,17-/m1/s1. The van der Waals surface area contributed by atoms with Crippen LogP contribution in [-0.4, -0.2) is 66.9 Å². The number of ether oxygens (including phenoxy) is 5. The van der Waals surface area contributed by atoms with Crippen molar-refractivity contribution in [3.8, 4) is 0 Å². The number of rotatable bonds is 8. The van der Waals surface area contributed by atoms with Gasteiger partial charge < -0.3 is 23.7 Å². The summed E-state index contributed by atoms with van der Waals surface area (Å²) < 4.78 is 26.8. The van der Waals surface area contributed by atoms with Gasteiger partial charge in [-0.3, -0.25) is 19.2 Å². The molecule has 0 bridgehead atoms. The average Bonchev–Trinajstić information content (AvgIpc) is 2.54. The maximum Gasteiger partial charge on any atom is 0.303 e. The Kier molecular flexibility index (Phi) is 9.51. The lowest BCUT2D eigenvalue weighted by atomic mass is 9.92. The third-order valence-electron chi connectivity index (χ3n) is 3.71. The third-order valence-corrected chi connectivity index (χ3v) is 3.98. The molecule has 2 unspecified atom stereocenters. The number of alkyl halides is 1. The number of hydrogen-bond acceptors (Lipinski definition) is 9. The van der Waals surface area contributed by atoms with Crippen LogP contribution >= 0.6 is 11.6 Å². The van der Waals surface area contributed by atoms with Crippen molar-refractivity contribution in [1.82, 2.24) is 0 Å². The Morgan fingerprint density at radius 1 is 0.778 bits per heavy atom. The van der Waals surface area contributed by atoms with E-state index in [-0.39, 0.29) is 6.61 Å². The fourth-order valence-electron chi connectivity index (χ4n) is 2.83. The third kappa shape index (κ3) is 7.72. The molecule has 1 fully saturated rings. The summed E-state index contributed by atoms with van der Waals surface area (Å²) in [6, 6.07) is 0. The Balaban J connectivity index is 3.22. The van der Waals surface area contributed by atoms with Gasteiger partial charge in [-0.1, -0.05) is 0 Å². The van der Waals surface area contributed by atoms with Gasteiger partial charge in [-0.2, -0.15) is 0 Å². The lowest BCUT2D eigenvalue weighted by molar-refractivity contribution is -0.253. The smallest absolute Gasteiger partial charge is 0.303 e. The summed E-state index contributed by atoms with van der Waals surface area (Å²) in [5.74, 6) is -2.14. The molecule has 10 heteroatoms. The minimum Gasteiger partial charge on any atom is -0.463 e. The molecule has 1 saturated heterocycles. The summed E-state index contributed by atoms with van der Waals surface area (Å²) in [7, 11) is 0. The van der Waals surface area contributed by atoms with Crippen LogP contribution in [0.4, 0.5) is 0 Å². The van der Waals surface area contributed by atoms with Gasteiger partial charge >= 0.3 is 23.9 Å². The van der Waals surface area contributed by atoms with Crippen LogP contribution in [0.2, 0.25) is 0 Å². The van der Waals surface area contributed by atoms with Crippen LogP contribution < -0.4 is 0 Å². The van der Waals surface area contributed by atoms with Crippen molar-refractivity contribution in [3.63, 3.8) is 0 Å². The van der Waals surface area contributed by atoms with Gasteiger partial charge in [0, 0.05) is 33.6 Å². The molecule has 1 heterocycles. The molecule has 0 aromatic carbocycles. The fraction of sp³-hybridized carbons (Fsp3) is 0.765. The van der Waals surface area contributed by atoms with Gasteiger partial charge in [0.2, 0.25) is 0 Å². The van der Waals surface area contributed by atoms with E-state index >= 15 is 0 Å². The van der Waals surface area contributed by atoms with E-state index in [0.29, 0.717) is 18.7 Å². The van der Waals surface area contributed by atoms with Crippen LogP contribution in [0.25, 0.3) is 0 Å². The summed E-state index contributed by atoms with van der Waals surface area (Å²) in [5.41, 5.74) is 0. The molecule has 0 aromatic rings. The first-order chi connectivity index (χ1) is 12.6. The van der Waals surface area contributed by atoms with Crippen molar-refractivity contribution in [3.05, 3.63) is 0 Å². The topological polar surface area (TPSA) is 114 Å². The zero-order chi connectivity index (χ0) is 20.6. The molecule has 0 N–H and O–H groups in total. The molecule has 0 saturated carbocycles.